The lowest BCUT2D eigenvalue weighted by Crippen LogP contribution is -2.35. The number of rotatable bonds is 8. The molecule has 0 radical (unpaired) electrons. The van der Waals surface area contributed by atoms with Crippen molar-refractivity contribution in [1.82, 2.24) is 28.9 Å². The number of ether oxygens (including phenoxy) is 1. The summed E-state index contributed by atoms with van der Waals surface area (Å²) in [5.41, 5.74) is 0.885. The number of likely N-dealkylation sites (tertiary alicyclic amines) is 1. The fourth-order valence-electron chi connectivity index (χ4n) is 5.11. The van der Waals surface area contributed by atoms with Crippen LogP contribution in [0.5, 0.6) is 5.75 Å². The fraction of sp³-hybridized carbons (Fsp3) is 0.458. The van der Waals surface area contributed by atoms with E-state index in [1.807, 2.05) is 17.8 Å². The first-order valence-electron chi connectivity index (χ1n) is 11.5. The third kappa shape index (κ3) is 5.34. The molecule has 2 fully saturated rings. The van der Waals surface area contributed by atoms with Crippen LogP contribution >= 0.6 is 0 Å². The number of carbonyl (C=O) groups excluding carboxylic acids is 1. The number of aryl methyl sites for hydroxylation is 2. The maximum Gasteiger partial charge on any atom is 0.573 e. The molecule has 2 aromatic heterocycles. The van der Waals surface area contributed by atoms with Gasteiger partial charge in [-0.1, -0.05) is 12.1 Å². The molecule has 0 bridgehead atoms. The highest BCUT2D eigenvalue weighted by atomic mass is 19.4. The van der Waals surface area contributed by atoms with Crippen molar-refractivity contribution >= 4 is 5.91 Å². The van der Waals surface area contributed by atoms with Crippen molar-refractivity contribution in [2.24, 2.45) is 31.8 Å². The fourth-order valence-corrected chi connectivity index (χ4v) is 5.11. The molecule has 0 spiro atoms. The summed E-state index contributed by atoms with van der Waals surface area (Å²) in [6.07, 6.45) is 2.18. The second-order valence-electron chi connectivity index (χ2n) is 9.45. The number of carbonyl (C=O) groups is 1. The number of imidazole rings is 2. The summed E-state index contributed by atoms with van der Waals surface area (Å²) < 4.78 is 45.8. The molecule has 1 amide bonds. The van der Waals surface area contributed by atoms with Crippen molar-refractivity contribution in [3.05, 3.63) is 66.3 Å². The van der Waals surface area contributed by atoms with E-state index in [-0.39, 0.29) is 18.2 Å². The van der Waals surface area contributed by atoms with Crippen LogP contribution in [-0.2, 0) is 27.2 Å². The minimum atomic E-state index is -4.77. The Labute approximate surface area is 200 Å². The Kier molecular flexibility index (Phi) is 6.04. The van der Waals surface area contributed by atoms with Crippen LogP contribution in [0.4, 0.5) is 13.2 Å². The zero-order valence-corrected chi connectivity index (χ0v) is 19.5. The maximum atomic E-state index is 13.3. The molecule has 5 rings (SSSR count). The number of nitrogens with zero attached hydrogens (tertiary/aromatic N) is 6. The second kappa shape index (κ2) is 9.03. The van der Waals surface area contributed by atoms with E-state index in [0.717, 1.165) is 25.5 Å². The number of halogens is 3. The summed E-state index contributed by atoms with van der Waals surface area (Å²) in [5.74, 6) is 1.84. The first-order valence-corrected chi connectivity index (χ1v) is 11.5. The van der Waals surface area contributed by atoms with Crippen LogP contribution in [0.2, 0.25) is 0 Å². The Hall–Kier alpha value is -3.34. The zero-order chi connectivity index (χ0) is 24.7. The SMILES string of the molecule is Cn1cnc(C(=O)N(Cc2cccc(OC(F)(F)F)c2)CC2C3CN(Cc4nccn4C)CC32)c1. The van der Waals surface area contributed by atoms with Crippen molar-refractivity contribution in [2.75, 3.05) is 19.6 Å². The molecule has 1 aliphatic carbocycles. The molecule has 3 heterocycles. The van der Waals surface area contributed by atoms with E-state index in [1.54, 1.807) is 41.3 Å². The smallest absolute Gasteiger partial charge is 0.406 e. The van der Waals surface area contributed by atoms with E-state index >= 15 is 0 Å². The van der Waals surface area contributed by atoms with E-state index in [9.17, 15) is 18.0 Å². The number of amides is 1. The highest BCUT2D eigenvalue weighted by molar-refractivity contribution is 5.92. The van der Waals surface area contributed by atoms with Gasteiger partial charge in [0.25, 0.3) is 5.91 Å². The standard InChI is InChI=1S/C24H27F3N6O2/c1-30-13-21(29-15-30)23(34)33(9-16-4-3-5-17(8-16)35-24(25,26)27)12-20-18-10-32(11-19(18)20)14-22-28-6-7-31(22)2/h3-8,13,15,18-20H,9-12,14H2,1-2H3. The summed E-state index contributed by atoms with van der Waals surface area (Å²) >= 11 is 0. The molecule has 11 heteroatoms. The van der Waals surface area contributed by atoms with E-state index in [1.165, 1.54) is 18.2 Å². The molecule has 1 aliphatic heterocycles. The van der Waals surface area contributed by atoms with Crippen LogP contribution in [0.3, 0.4) is 0 Å². The van der Waals surface area contributed by atoms with Gasteiger partial charge in [-0.2, -0.15) is 0 Å². The molecule has 186 valence electrons. The molecular weight excluding hydrogens is 461 g/mol. The number of hydrogen-bond acceptors (Lipinski definition) is 5. The van der Waals surface area contributed by atoms with Crippen LogP contribution in [0.25, 0.3) is 0 Å². The Bertz CT molecular complexity index is 1190. The lowest BCUT2D eigenvalue weighted by atomic mass is 10.1. The lowest BCUT2D eigenvalue weighted by Gasteiger charge is -2.25. The Morgan fingerprint density at radius 3 is 2.60 bits per heavy atom. The number of fused-ring (bicyclic) bond motifs is 1. The van der Waals surface area contributed by atoms with Gasteiger partial charge in [0.2, 0.25) is 0 Å². The highest BCUT2D eigenvalue weighted by Gasteiger charge is 2.56. The molecule has 1 aromatic carbocycles. The zero-order valence-electron chi connectivity index (χ0n) is 19.5. The normalized spacial score (nSPS) is 21.7. The van der Waals surface area contributed by atoms with Crippen LogP contribution < -0.4 is 4.74 Å². The highest BCUT2D eigenvalue weighted by Crippen LogP contribution is 2.52. The number of hydrogen-bond donors (Lipinski definition) is 0. The largest absolute Gasteiger partial charge is 0.573 e. The monoisotopic (exact) mass is 488 g/mol. The van der Waals surface area contributed by atoms with Gasteiger partial charge in [0.05, 0.1) is 12.9 Å². The summed E-state index contributed by atoms with van der Waals surface area (Å²) in [6.45, 7) is 3.40. The average molecular weight is 489 g/mol. The maximum absolute atomic E-state index is 13.3. The van der Waals surface area contributed by atoms with Crippen LogP contribution in [0, 0.1) is 17.8 Å². The number of piperidine rings is 1. The Morgan fingerprint density at radius 1 is 1.20 bits per heavy atom. The third-order valence-corrected chi connectivity index (χ3v) is 6.88. The molecule has 1 saturated heterocycles. The van der Waals surface area contributed by atoms with Gasteiger partial charge < -0.3 is 18.8 Å². The van der Waals surface area contributed by atoms with Gasteiger partial charge >= 0.3 is 6.36 Å². The minimum absolute atomic E-state index is 0.178. The predicted octanol–water partition coefficient (Wildman–Crippen LogP) is 3.07. The van der Waals surface area contributed by atoms with Gasteiger partial charge in [-0.25, -0.2) is 9.97 Å². The van der Waals surface area contributed by atoms with E-state index in [4.69, 9.17) is 0 Å². The van der Waals surface area contributed by atoms with Gasteiger partial charge in [-0.05, 0) is 35.4 Å². The van der Waals surface area contributed by atoms with Crippen molar-refractivity contribution < 1.29 is 22.7 Å². The summed E-state index contributed by atoms with van der Waals surface area (Å²) in [5, 5.41) is 0. The third-order valence-electron chi connectivity index (χ3n) is 6.88. The van der Waals surface area contributed by atoms with E-state index < -0.39 is 6.36 Å². The van der Waals surface area contributed by atoms with Gasteiger partial charge in [0.15, 0.2) is 0 Å². The van der Waals surface area contributed by atoms with Crippen molar-refractivity contribution in [1.29, 1.82) is 0 Å². The van der Waals surface area contributed by atoms with Crippen LogP contribution in [0.15, 0.2) is 49.2 Å². The van der Waals surface area contributed by atoms with Gasteiger partial charge in [-0.15, -0.1) is 13.2 Å². The Morgan fingerprint density at radius 2 is 1.97 bits per heavy atom. The van der Waals surface area contributed by atoms with Crippen molar-refractivity contribution in [3.8, 4) is 5.75 Å². The quantitative estimate of drug-likeness (QED) is 0.488. The first-order chi connectivity index (χ1) is 16.7. The number of benzene rings is 1. The summed E-state index contributed by atoms with van der Waals surface area (Å²) in [6, 6.07) is 5.78. The molecular formula is C24H27F3N6O2. The van der Waals surface area contributed by atoms with Crippen molar-refractivity contribution in [3.63, 3.8) is 0 Å². The van der Waals surface area contributed by atoms with Crippen LogP contribution in [0.1, 0.15) is 21.9 Å². The topological polar surface area (TPSA) is 68.4 Å². The molecule has 2 atom stereocenters. The minimum Gasteiger partial charge on any atom is -0.406 e. The molecule has 35 heavy (non-hydrogen) atoms. The van der Waals surface area contributed by atoms with Gasteiger partial charge in [0, 0.05) is 58.9 Å². The second-order valence-corrected chi connectivity index (χ2v) is 9.45. The van der Waals surface area contributed by atoms with Crippen molar-refractivity contribution in [2.45, 2.75) is 19.5 Å². The molecule has 0 N–H and O–H groups in total. The molecule has 8 nitrogen and oxygen atoms in total. The molecule has 1 saturated carbocycles. The van der Waals surface area contributed by atoms with Crippen LogP contribution in [-0.4, -0.2) is 60.8 Å². The van der Waals surface area contributed by atoms with E-state index in [0.29, 0.717) is 35.6 Å². The predicted molar refractivity (Wildman–Crippen MR) is 120 cm³/mol. The number of alkyl halides is 3. The van der Waals surface area contributed by atoms with Gasteiger partial charge in [-0.3, -0.25) is 9.69 Å². The molecule has 3 aromatic rings. The lowest BCUT2D eigenvalue weighted by molar-refractivity contribution is -0.274. The summed E-state index contributed by atoms with van der Waals surface area (Å²) in [4.78, 5) is 26.0. The number of aromatic nitrogens is 4. The molecule has 2 unspecified atom stereocenters. The first kappa shape index (κ1) is 23.4. The molecule has 2 aliphatic rings. The van der Waals surface area contributed by atoms with E-state index in [2.05, 4.69) is 19.6 Å². The van der Waals surface area contributed by atoms with Gasteiger partial charge in [0.1, 0.15) is 17.3 Å². The average Bonchev–Trinajstić information content (AvgIpc) is 3.22. The Balaban J connectivity index is 1.26. The summed E-state index contributed by atoms with van der Waals surface area (Å²) in [7, 11) is 3.77.